The Kier molecular flexibility index (Phi) is 7.03. The number of likely N-dealkylation sites (tertiary alicyclic amines) is 1. The fraction of sp³-hybridized carbons (Fsp3) is 0.923. The molecule has 0 aromatic heterocycles. The quantitative estimate of drug-likeness (QED) is 0.757. The molecule has 2 atom stereocenters. The Bertz CT molecular complexity index is 536. The van der Waals surface area contributed by atoms with Crippen LogP contribution in [0.5, 0.6) is 0 Å². The molecule has 1 spiro atoms. The number of sulfonamides is 1. The van der Waals surface area contributed by atoms with E-state index in [1.807, 2.05) is 0 Å². The Labute approximate surface area is 139 Å². The normalized spacial score (nSPS) is 28.5. The molecular formula is C13H23F3N2O5S. The number of halogens is 3. The van der Waals surface area contributed by atoms with Gasteiger partial charge >= 0.3 is 12.1 Å². The van der Waals surface area contributed by atoms with Gasteiger partial charge < -0.3 is 14.7 Å². The summed E-state index contributed by atoms with van der Waals surface area (Å²) in [6.07, 6.45) is 0.392. The summed E-state index contributed by atoms with van der Waals surface area (Å²) in [5, 5.41) is 7.12. The van der Waals surface area contributed by atoms with E-state index >= 15 is 0 Å². The Morgan fingerprint density at radius 1 is 1.42 bits per heavy atom. The SMILES string of the molecule is CN1CC[C@]2(CCC[C@@H](CNS(C)(=O)=O)O2)C1.O=C(O)C(F)(F)F. The lowest BCUT2D eigenvalue weighted by molar-refractivity contribution is -0.192. The number of carbonyl (C=O) groups is 1. The number of ether oxygens (including phenoxy) is 1. The molecule has 0 unspecified atom stereocenters. The zero-order valence-electron chi connectivity index (χ0n) is 13.6. The van der Waals surface area contributed by atoms with Crippen molar-refractivity contribution < 1.29 is 36.2 Å². The Hall–Kier alpha value is -0.910. The molecule has 2 rings (SSSR count). The van der Waals surface area contributed by atoms with E-state index in [9.17, 15) is 21.6 Å². The maximum absolute atomic E-state index is 11.1. The van der Waals surface area contributed by atoms with Crippen LogP contribution in [0.4, 0.5) is 13.2 Å². The molecule has 0 aliphatic carbocycles. The molecule has 11 heteroatoms. The van der Waals surface area contributed by atoms with Gasteiger partial charge in [-0.2, -0.15) is 13.2 Å². The van der Waals surface area contributed by atoms with E-state index in [2.05, 4.69) is 16.7 Å². The van der Waals surface area contributed by atoms with Gasteiger partial charge in [0.2, 0.25) is 10.0 Å². The van der Waals surface area contributed by atoms with E-state index < -0.39 is 22.2 Å². The number of hydrogen-bond acceptors (Lipinski definition) is 5. The van der Waals surface area contributed by atoms with Gasteiger partial charge in [-0.05, 0) is 32.7 Å². The highest BCUT2D eigenvalue weighted by molar-refractivity contribution is 7.88. The lowest BCUT2D eigenvalue weighted by Crippen LogP contribution is -2.46. The first-order valence-corrected chi connectivity index (χ1v) is 9.33. The van der Waals surface area contributed by atoms with Gasteiger partial charge in [-0.25, -0.2) is 17.9 Å². The maximum Gasteiger partial charge on any atom is 0.490 e. The van der Waals surface area contributed by atoms with E-state index in [4.69, 9.17) is 14.6 Å². The Morgan fingerprint density at radius 3 is 2.42 bits per heavy atom. The molecule has 0 amide bonds. The number of carboxylic acids is 1. The molecule has 0 bridgehead atoms. The molecule has 2 aliphatic heterocycles. The van der Waals surface area contributed by atoms with Crippen LogP contribution >= 0.6 is 0 Å². The largest absolute Gasteiger partial charge is 0.490 e. The van der Waals surface area contributed by atoms with Crippen molar-refractivity contribution in [3.05, 3.63) is 0 Å². The molecule has 142 valence electrons. The first-order chi connectivity index (χ1) is 10.8. The molecule has 7 nitrogen and oxygen atoms in total. The fourth-order valence-corrected chi connectivity index (χ4v) is 3.34. The monoisotopic (exact) mass is 376 g/mol. The summed E-state index contributed by atoms with van der Waals surface area (Å²) >= 11 is 0. The second-order valence-electron chi connectivity index (χ2n) is 6.23. The number of rotatable bonds is 3. The summed E-state index contributed by atoms with van der Waals surface area (Å²) in [6, 6.07) is 0. The van der Waals surface area contributed by atoms with Crippen molar-refractivity contribution in [3.8, 4) is 0 Å². The van der Waals surface area contributed by atoms with Crippen LogP contribution in [-0.4, -0.2) is 75.2 Å². The fourth-order valence-electron chi connectivity index (χ4n) is 2.86. The molecule has 24 heavy (non-hydrogen) atoms. The van der Waals surface area contributed by atoms with Crippen molar-refractivity contribution in [2.45, 2.75) is 43.6 Å². The third-order valence-electron chi connectivity index (χ3n) is 3.90. The summed E-state index contributed by atoms with van der Waals surface area (Å²) in [4.78, 5) is 11.2. The molecule has 2 fully saturated rings. The second kappa shape index (κ2) is 7.98. The van der Waals surface area contributed by atoms with Crippen LogP contribution in [0.2, 0.25) is 0 Å². The van der Waals surface area contributed by atoms with Crippen molar-refractivity contribution in [1.82, 2.24) is 9.62 Å². The summed E-state index contributed by atoms with van der Waals surface area (Å²) in [5.74, 6) is -2.76. The van der Waals surface area contributed by atoms with Gasteiger partial charge in [0.05, 0.1) is 18.0 Å². The van der Waals surface area contributed by atoms with Crippen molar-refractivity contribution in [2.24, 2.45) is 0 Å². The van der Waals surface area contributed by atoms with Crippen molar-refractivity contribution >= 4 is 16.0 Å². The molecule has 2 aliphatic rings. The standard InChI is InChI=1S/C11H22N2O3S.C2HF3O2/c1-13-7-6-11(9-13)5-3-4-10(16-11)8-12-17(2,14)15;3-2(4,5)1(6)7/h10,12H,3-9H2,1-2H3;(H,6,7)/t10-,11+;/m0./s1. The molecule has 2 heterocycles. The smallest absolute Gasteiger partial charge is 0.475 e. The second-order valence-corrected chi connectivity index (χ2v) is 8.06. The third kappa shape index (κ3) is 7.32. The van der Waals surface area contributed by atoms with Crippen molar-refractivity contribution in [1.29, 1.82) is 0 Å². The number of hydrogen-bond donors (Lipinski definition) is 2. The van der Waals surface area contributed by atoms with E-state index in [1.54, 1.807) is 0 Å². The molecule has 0 radical (unpaired) electrons. The minimum absolute atomic E-state index is 0.0170. The van der Waals surface area contributed by atoms with Gasteiger partial charge in [0.25, 0.3) is 0 Å². The van der Waals surface area contributed by atoms with Crippen molar-refractivity contribution in [3.63, 3.8) is 0 Å². The highest BCUT2D eigenvalue weighted by atomic mass is 32.2. The topological polar surface area (TPSA) is 95.9 Å². The van der Waals surface area contributed by atoms with Crippen LogP contribution in [0.3, 0.4) is 0 Å². The lowest BCUT2D eigenvalue weighted by Gasteiger charge is -2.38. The Balaban J connectivity index is 0.000000351. The predicted octanol–water partition coefficient (Wildman–Crippen LogP) is 0.812. The first kappa shape index (κ1) is 21.1. The maximum atomic E-state index is 11.1. The van der Waals surface area contributed by atoms with Crippen LogP contribution < -0.4 is 4.72 Å². The number of nitrogens with zero attached hydrogens (tertiary/aromatic N) is 1. The van der Waals surface area contributed by atoms with E-state index in [0.717, 1.165) is 38.8 Å². The van der Waals surface area contributed by atoms with Gasteiger partial charge in [0.15, 0.2) is 0 Å². The van der Waals surface area contributed by atoms with Gasteiger partial charge in [-0.15, -0.1) is 0 Å². The minimum atomic E-state index is -5.08. The number of aliphatic carboxylic acids is 1. The highest BCUT2D eigenvalue weighted by Gasteiger charge is 2.41. The van der Waals surface area contributed by atoms with Gasteiger partial charge in [0, 0.05) is 19.6 Å². The van der Waals surface area contributed by atoms with Crippen LogP contribution in [0.25, 0.3) is 0 Å². The Morgan fingerprint density at radius 2 is 2.00 bits per heavy atom. The first-order valence-electron chi connectivity index (χ1n) is 7.44. The summed E-state index contributed by atoms with van der Waals surface area (Å²) in [6.45, 7) is 2.46. The van der Waals surface area contributed by atoms with E-state index in [-0.39, 0.29) is 11.7 Å². The van der Waals surface area contributed by atoms with Crippen LogP contribution in [0.1, 0.15) is 25.7 Å². The third-order valence-corrected chi connectivity index (χ3v) is 4.59. The molecular weight excluding hydrogens is 353 g/mol. The summed E-state index contributed by atoms with van der Waals surface area (Å²) < 4.78 is 62.5. The molecule has 0 aromatic rings. The zero-order valence-corrected chi connectivity index (χ0v) is 14.4. The average Bonchev–Trinajstić information content (AvgIpc) is 2.76. The highest BCUT2D eigenvalue weighted by Crippen LogP contribution is 2.35. The van der Waals surface area contributed by atoms with E-state index in [0.29, 0.717) is 6.54 Å². The minimum Gasteiger partial charge on any atom is -0.475 e. The van der Waals surface area contributed by atoms with Crippen molar-refractivity contribution in [2.75, 3.05) is 32.9 Å². The average molecular weight is 376 g/mol. The molecule has 0 saturated carbocycles. The van der Waals surface area contributed by atoms with Crippen LogP contribution in [-0.2, 0) is 19.6 Å². The molecule has 2 saturated heterocycles. The van der Waals surface area contributed by atoms with Gasteiger partial charge in [-0.1, -0.05) is 0 Å². The number of carboxylic acid groups (broad SMARTS) is 1. The van der Waals surface area contributed by atoms with Crippen LogP contribution in [0, 0.1) is 0 Å². The lowest BCUT2D eigenvalue weighted by atomic mass is 9.90. The number of nitrogens with one attached hydrogen (secondary N) is 1. The van der Waals surface area contributed by atoms with Gasteiger partial charge in [-0.3, -0.25) is 0 Å². The van der Waals surface area contributed by atoms with Gasteiger partial charge in [0.1, 0.15) is 0 Å². The van der Waals surface area contributed by atoms with Crippen LogP contribution in [0.15, 0.2) is 0 Å². The number of likely N-dealkylation sites (N-methyl/N-ethyl adjacent to an activating group) is 1. The van der Waals surface area contributed by atoms with E-state index in [1.165, 1.54) is 6.26 Å². The molecule has 2 N–H and O–H groups in total. The predicted molar refractivity (Wildman–Crippen MR) is 80.1 cm³/mol. The summed E-state index contributed by atoms with van der Waals surface area (Å²) in [7, 11) is -1.00. The summed E-state index contributed by atoms with van der Waals surface area (Å²) in [5.41, 5.74) is -0.0170. The molecule has 0 aromatic carbocycles. The number of alkyl halides is 3. The zero-order chi connectivity index (χ0) is 18.6.